The zero-order valence-corrected chi connectivity index (χ0v) is 15.3. The number of hydrogen-bond donors (Lipinski definition) is 3. The van der Waals surface area contributed by atoms with Gasteiger partial charge in [-0.25, -0.2) is 0 Å². The largest absolute Gasteiger partial charge is 0.373 e. The van der Waals surface area contributed by atoms with E-state index < -0.39 is 0 Å². The molecule has 7 heteroatoms. The molecule has 6 nitrogen and oxygen atoms in total. The van der Waals surface area contributed by atoms with Gasteiger partial charge in [0.1, 0.15) is 0 Å². The first-order valence-electron chi connectivity index (χ1n) is 8.32. The Hall–Kier alpha value is -1.60. The van der Waals surface area contributed by atoms with Gasteiger partial charge in [0.25, 0.3) is 0 Å². The second kappa shape index (κ2) is 7.98. The van der Waals surface area contributed by atoms with E-state index in [2.05, 4.69) is 36.9 Å². The highest BCUT2D eigenvalue weighted by molar-refractivity contribution is 9.10. The highest BCUT2D eigenvalue weighted by Gasteiger charge is 2.41. The van der Waals surface area contributed by atoms with Crippen LogP contribution in [0.5, 0.6) is 0 Å². The number of nitrogens with zero attached hydrogens (tertiary/aromatic N) is 1. The maximum Gasteiger partial charge on any atom is 0.226 e. The molecule has 3 atom stereocenters. The van der Waals surface area contributed by atoms with Gasteiger partial charge in [0, 0.05) is 30.2 Å². The van der Waals surface area contributed by atoms with Crippen molar-refractivity contribution in [2.75, 3.05) is 18.9 Å². The van der Waals surface area contributed by atoms with Gasteiger partial charge in [-0.05, 0) is 43.5 Å². The molecule has 3 rings (SSSR count). The van der Waals surface area contributed by atoms with Crippen molar-refractivity contribution >= 4 is 33.5 Å². The number of halogens is 1. The number of ether oxygens (including phenoxy) is 1. The lowest BCUT2D eigenvalue weighted by atomic mass is 9.96. The number of aliphatic imine (C=N–C) groups is 1. The van der Waals surface area contributed by atoms with Gasteiger partial charge in [-0.3, -0.25) is 9.79 Å². The average molecular weight is 395 g/mol. The van der Waals surface area contributed by atoms with E-state index in [1.165, 1.54) is 6.42 Å². The maximum absolute atomic E-state index is 12.0. The van der Waals surface area contributed by atoms with Gasteiger partial charge in [-0.1, -0.05) is 15.9 Å². The monoisotopic (exact) mass is 394 g/mol. The standard InChI is InChI=1S/C17H23BrN4O2/c1-19-17(22-14-10-13-6-7-15(14)24-13)20-9-8-16(23)21-12-4-2-11(18)3-5-12/h2-5,13-15H,6-10H2,1H3,(H,21,23)(H2,19,20,22). The quantitative estimate of drug-likeness (QED) is 0.528. The third kappa shape index (κ3) is 4.48. The first-order valence-corrected chi connectivity index (χ1v) is 9.11. The lowest BCUT2D eigenvalue weighted by molar-refractivity contribution is -0.116. The molecule has 0 radical (unpaired) electrons. The van der Waals surface area contributed by atoms with Gasteiger partial charge in [0.2, 0.25) is 5.91 Å². The molecule has 2 bridgehead atoms. The zero-order valence-electron chi connectivity index (χ0n) is 13.7. The Labute approximate surface area is 150 Å². The van der Waals surface area contributed by atoms with Crippen molar-refractivity contribution < 1.29 is 9.53 Å². The molecule has 0 aliphatic carbocycles. The highest BCUT2D eigenvalue weighted by Crippen LogP contribution is 2.34. The van der Waals surface area contributed by atoms with Crippen LogP contribution >= 0.6 is 15.9 Å². The molecule has 3 N–H and O–H groups in total. The molecule has 1 aromatic rings. The number of rotatable bonds is 5. The summed E-state index contributed by atoms with van der Waals surface area (Å²) < 4.78 is 6.82. The Balaban J connectivity index is 1.38. The van der Waals surface area contributed by atoms with E-state index in [0.717, 1.165) is 29.0 Å². The summed E-state index contributed by atoms with van der Waals surface area (Å²) in [5.74, 6) is 0.705. The third-order valence-electron chi connectivity index (χ3n) is 4.42. The van der Waals surface area contributed by atoms with Crippen LogP contribution < -0.4 is 16.0 Å². The minimum absolute atomic E-state index is 0.0245. The van der Waals surface area contributed by atoms with E-state index in [9.17, 15) is 4.79 Å². The number of carbonyl (C=O) groups is 1. The highest BCUT2D eigenvalue weighted by atomic mass is 79.9. The van der Waals surface area contributed by atoms with Gasteiger partial charge in [-0.2, -0.15) is 0 Å². The summed E-state index contributed by atoms with van der Waals surface area (Å²) in [6.45, 7) is 0.531. The van der Waals surface area contributed by atoms with E-state index in [4.69, 9.17) is 4.74 Å². The number of fused-ring (bicyclic) bond motifs is 2. The number of amides is 1. The second-order valence-electron chi connectivity index (χ2n) is 6.16. The van der Waals surface area contributed by atoms with Gasteiger partial charge >= 0.3 is 0 Å². The summed E-state index contributed by atoms with van der Waals surface area (Å²) in [7, 11) is 1.74. The average Bonchev–Trinajstić information content (AvgIpc) is 3.19. The Morgan fingerprint density at radius 2 is 2.12 bits per heavy atom. The molecule has 130 valence electrons. The predicted molar refractivity (Wildman–Crippen MR) is 98.2 cm³/mol. The van der Waals surface area contributed by atoms with Gasteiger partial charge in [0.05, 0.1) is 18.2 Å². The molecule has 3 unspecified atom stereocenters. The van der Waals surface area contributed by atoms with Crippen LogP contribution in [-0.4, -0.2) is 43.7 Å². The summed E-state index contributed by atoms with van der Waals surface area (Å²) in [6.07, 6.45) is 4.41. The van der Waals surface area contributed by atoms with Crippen LogP contribution in [0, 0.1) is 0 Å². The van der Waals surface area contributed by atoms with Crippen LogP contribution in [0.3, 0.4) is 0 Å². The minimum atomic E-state index is -0.0245. The van der Waals surface area contributed by atoms with Crippen LogP contribution in [0.2, 0.25) is 0 Å². The van der Waals surface area contributed by atoms with Gasteiger partial charge in [0.15, 0.2) is 5.96 Å². The van der Waals surface area contributed by atoms with Gasteiger partial charge < -0.3 is 20.7 Å². The SMILES string of the molecule is CN=C(NCCC(=O)Nc1ccc(Br)cc1)NC1CC2CCC1O2. The molecule has 0 aromatic heterocycles. The fourth-order valence-electron chi connectivity index (χ4n) is 3.21. The van der Waals surface area contributed by atoms with Gasteiger partial charge in [-0.15, -0.1) is 0 Å². The smallest absolute Gasteiger partial charge is 0.226 e. The Kier molecular flexibility index (Phi) is 5.73. The van der Waals surface area contributed by atoms with Crippen molar-refractivity contribution in [2.45, 2.75) is 43.9 Å². The summed E-state index contributed by atoms with van der Waals surface area (Å²) in [5.41, 5.74) is 0.796. The van der Waals surface area contributed by atoms with Crippen molar-refractivity contribution in [3.63, 3.8) is 0 Å². The van der Waals surface area contributed by atoms with E-state index in [1.54, 1.807) is 7.05 Å². The van der Waals surface area contributed by atoms with Crippen molar-refractivity contribution in [3.05, 3.63) is 28.7 Å². The molecule has 24 heavy (non-hydrogen) atoms. The van der Waals surface area contributed by atoms with Crippen LogP contribution in [0.15, 0.2) is 33.7 Å². The second-order valence-corrected chi connectivity index (χ2v) is 7.08. The number of guanidine groups is 1. The lowest BCUT2D eigenvalue weighted by Crippen LogP contribution is -2.47. The number of nitrogens with one attached hydrogen (secondary N) is 3. The lowest BCUT2D eigenvalue weighted by Gasteiger charge is -2.22. The Morgan fingerprint density at radius 1 is 1.33 bits per heavy atom. The molecule has 2 aliphatic rings. The first kappa shape index (κ1) is 17.2. The summed E-state index contributed by atoms with van der Waals surface area (Å²) in [4.78, 5) is 16.2. The molecule has 0 saturated carbocycles. The molecule has 0 spiro atoms. The summed E-state index contributed by atoms with van der Waals surface area (Å²) in [5, 5.41) is 9.48. The topological polar surface area (TPSA) is 74.8 Å². The molecule has 1 aromatic carbocycles. The van der Waals surface area contributed by atoms with Crippen LogP contribution in [0.4, 0.5) is 5.69 Å². The summed E-state index contributed by atoms with van der Waals surface area (Å²) in [6, 6.07) is 7.86. The molecule has 2 aliphatic heterocycles. The number of anilines is 1. The fourth-order valence-corrected chi connectivity index (χ4v) is 3.48. The van der Waals surface area contributed by atoms with Crippen LogP contribution in [0.25, 0.3) is 0 Å². The van der Waals surface area contributed by atoms with Crippen LogP contribution in [0.1, 0.15) is 25.7 Å². The minimum Gasteiger partial charge on any atom is -0.373 e. The Bertz CT molecular complexity index is 605. The molecule has 2 saturated heterocycles. The molecule has 1 amide bonds. The number of benzene rings is 1. The van der Waals surface area contributed by atoms with Crippen LogP contribution in [-0.2, 0) is 9.53 Å². The zero-order chi connectivity index (χ0) is 16.9. The fraction of sp³-hybridized carbons (Fsp3) is 0.529. The van der Waals surface area contributed by atoms with E-state index in [0.29, 0.717) is 31.2 Å². The normalized spacial score (nSPS) is 25.6. The Morgan fingerprint density at radius 3 is 2.75 bits per heavy atom. The maximum atomic E-state index is 12.0. The van der Waals surface area contributed by atoms with Crippen molar-refractivity contribution in [2.24, 2.45) is 4.99 Å². The molecular formula is C17H23BrN4O2. The van der Waals surface area contributed by atoms with E-state index in [-0.39, 0.29) is 5.91 Å². The first-order chi connectivity index (χ1) is 11.6. The molecule has 2 fully saturated rings. The predicted octanol–water partition coefficient (Wildman–Crippen LogP) is 2.26. The van der Waals surface area contributed by atoms with Crippen molar-refractivity contribution in [1.82, 2.24) is 10.6 Å². The van der Waals surface area contributed by atoms with E-state index >= 15 is 0 Å². The van der Waals surface area contributed by atoms with Crippen molar-refractivity contribution in [1.29, 1.82) is 0 Å². The third-order valence-corrected chi connectivity index (χ3v) is 4.95. The number of hydrogen-bond acceptors (Lipinski definition) is 3. The molecule has 2 heterocycles. The summed E-state index contributed by atoms with van der Waals surface area (Å²) >= 11 is 3.37. The van der Waals surface area contributed by atoms with E-state index in [1.807, 2.05) is 24.3 Å². The molecular weight excluding hydrogens is 372 g/mol. The number of carbonyl (C=O) groups excluding carboxylic acids is 1. The van der Waals surface area contributed by atoms with Crippen molar-refractivity contribution in [3.8, 4) is 0 Å².